The van der Waals surface area contributed by atoms with Gasteiger partial charge in [0.2, 0.25) is 5.91 Å². The number of amides is 1. The molecule has 21 heavy (non-hydrogen) atoms. The molecule has 0 unspecified atom stereocenters. The van der Waals surface area contributed by atoms with E-state index in [1.807, 2.05) is 45.0 Å². The monoisotopic (exact) mass is 287 g/mol. The molecule has 2 rings (SSSR count). The van der Waals surface area contributed by atoms with Gasteiger partial charge in [-0.05, 0) is 57.7 Å². The predicted octanol–water partition coefficient (Wildman–Crippen LogP) is 4.01. The average molecular weight is 287 g/mol. The number of hydrogen-bond acceptors (Lipinski definition) is 2. The van der Waals surface area contributed by atoms with Crippen molar-refractivity contribution < 1.29 is 9.53 Å². The molecule has 0 heterocycles. The molecule has 0 spiro atoms. The van der Waals surface area contributed by atoms with Crippen molar-refractivity contribution in [2.45, 2.75) is 52.2 Å². The van der Waals surface area contributed by atoms with Crippen molar-refractivity contribution in [1.82, 2.24) is 5.32 Å². The fraction of sp³-hybridized carbons (Fsp3) is 0.500. The summed E-state index contributed by atoms with van der Waals surface area (Å²) in [4.78, 5) is 12.3. The highest BCUT2D eigenvalue weighted by Crippen LogP contribution is 2.22. The molecule has 1 aromatic carbocycles. The molecule has 0 aliphatic heterocycles. The van der Waals surface area contributed by atoms with Crippen LogP contribution >= 0.6 is 0 Å². The van der Waals surface area contributed by atoms with Crippen LogP contribution in [0.3, 0.4) is 0 Å². The second-order valence-corrected chi connectivity index (χ2v) is 5.95. The third-order valence-corrected chi connectivity index (χ3v) is 3.73. The molecular formula is C18H25NO2. The van der Waals surface area contributed by atoms with Crippen molar-refractivity contribution in [2.75, 3.05) is 0 Å². The molecule has 1 amide bonds. The maximum atomic E-state index is 12.3. The second kappa shape index (κ2) is 7.30. The number of nitrogens with one attached hydrogen (secondary N) is 1. The fourth-order valence-electron chi connectivity index (χ4n) is 2.58. The molecule has 1 N–H and O–H groups in total. The van der Waals surface area contributed by atoms with Crippen LogP contribution in [0, 0.1) is 5.92 Å². The van der Waals surface area contributed by atoms with Crippen LogP contribution in [0.5, 0.6) is 5.75 Å². The molecular weight excluding hydrogens is 262 g/mol. The van der Waals surface area contributed by atoms with Gasteiger partial charge in [0.25, 0.3) is 0 Å². The summed E-state index contributed by atoms with van der Waals surface area (Å²) in [7, 11) is 0. The Morgan fingerprint density at radius 1 is 1.29 bits per heavy atom. The number of hydrogen-bond donors (Lipinski definition) is 1. The van der Waals surface area contributed by atoms with Gasteiger partial charge in [-0.3, -0.25) is 4.79 Å². The molecule has 1 aliphatic carbocycles. The highest BCUT2D eigenvalue weighted by Gasteiger charge is 2.20. The zero-order chi connectivity index (χ0) is 15.2. The summed E-state index contributed by atoms with van der Waals surface area (Å²) in [5.74, 6) is 1.12. The van der Waals surface area contributed by atoms with Gasteiger partial charge >= 0.3 is 0 Å². The molecule has 3 nitrogen and oxygen atoms in total. The molecule has 1 aromatic rings. The van der Waals surface area contributed by atoms with Gasteiger partial charge in [-0.1, -0.05) is 24.3 Å². The van der Waals surface area contributed by atoms with Gasteiger partial charge in [-0.25, -0.2) is 0 Å². The lowest BCUT2D eigenvalue weighted by atomic mass is 9.93. The molecule has 2 atom stereocenters. The Morgan fingerprint density at radius 3 is 2.76 bits per heavy atom. The van der Waals surface area contributed by atoms with Crippen LogP contribution in [0.1, 0.15) is 51.6 Å². The molecule has 0 bridgehead atoms. The van der Waals surface area contributed by atoms with Crippen LogP contribution in [0.25, 0.3) is 0 Å². The van der Waals surface area contributed by atoms with Crippen LogP contribution in [-0.2, 0) is 4.79 Å². The lowest BCUT2D eigenvalue weighted by Crippen LogP contribution is -2.33. The summed E-state index contributed by atoms with van der Waals surface area (Å²) in [5, 5.41) is 3.12. The Kier molecular flexibility index (Phi) is 5.43. The van der Waals surface area contributed by atoms with Crippen molar-refractivity contribution >= 4 is 5.91 Å². The zero-order valence-electron chi connectivity index (χ0n) is 13.1. The first-order chi connectivity index (χ1) is 10.1. The Morgan fingerprint density at radius 2 is 2.10 bits per heavy atom. The first-order valence-corrected chi connectivity index (χ1v) is 7.78. The van der Waals surface area contributed by atoms with Crippen LogP contribution in [0.15, 0.2) is 36.4 Å². The summed E-state index contributed by atoms with van der Waals surface area (Å²) >= 11 is 0. The van der Waals surface area contributed by atoms with E-state index in [1.54, 1.807) is 0 Å². The highest BCUT2D eigenvalue weighted by molar-refractivity contribution is 5.79. The van der Waals surface area contributed by atoms with Crippen LogP contribution in [0.2, 0.25) is 0 Å². The Bertz CT molecular complexity index is 508. The summed E-state index contributed by atoms with van der Waals surface area (Å²) < 4.78 is 5.70. The second-order valence-electron chi connectivity index (χ2n) is 5.95. The molecule has 0 saturated carbocycles. The maximum Gasteiger partial charge on any atom is 0.223 e. The van der Waals surface area contributed by atoms with E-state index in [1.165, 1.54) is 0 Å². The molecule has 114 valence electrons. The quantitative estimate of drug-likeness (QED) is 0.831. The Hall–Kier alpha value is -1.77. The topological polar surface area (TPSA) is 38.3 Å². The minimum Gasteiger partial charge on any atom is -0.491 e. The third-order valence-electron chi connectivity index (χ3n) is 3.73. The molecule has 3 heteroatoms. The van der Waals surface area contributed by atoms with E-state index in [0.29, 0.717) is 0 Å². The van der Waals surface area contributed by atoms with Crippen molar-refractivity contribution in [3.05, 3.63) is 42.0 Å². The van der Waals surface area contributed by atoms with Crippen molar-refractivity contribution in [2.24, 2.45) is 5.92 Å². The molecule has 0 fully saturated rings. The fourth-order valence-corrected chi connectivity index (χ4v) is 2.58. The van der Waals surface area contributed by atoms with E-state index in [-0.39, 0.29) is 24.0 Å². The normalized spacial score (nSPS) is 19.3. The Balaban J connectivity index is 1.97. The lowest BCUT2D eigenvalue weighted by Gasteiger charge is -2.21. The van der Waals surface area contributed by atoms with E-state index < -0.39 is 0 Å². The third kappa shape index (κ3) is 4.62. The first-order valence-electron chi connectivity index (χ1n) is 7.78. The highest BCUT2D eigenvalue weighted by atomic mass is 16.5. The molecule has 1 aliphatic rings. The minimum absolute atomic E-state index is 0.000816. The number of carbonyl (C=O) groups is 1. The summed E-state index contributed by atoms with van der Waals surface area (Å²) in [6, 6.07) is 7.95. The van der Waals surface area contributed by atoms with Gasteiger partial charge in [0.15, 0.2) is 0 Å². The first kappa shape index (κ1) is 15.6. The largest absolute Gasteiger partial charge is 0.491 e. The van der Waals surface area contributed by atoms with Crippen molar-refractivity contribution in [3.63, 3.8) is 0 Å². The maximum absolute atomic E-state index is 12.3. The van der Waals surface area contributed by atoms with E-state index in [9.17, 15) is 4.79 Å². The van der Waals surface area contributed by atoms with E-state index >= 15 is 0 Å². The van der Waals surface area contributed by atoms with E-state index in [4.69, 9.17) is 4.74 Å². The number of benzene rings is 1. The van der Waals surface area contributed by atoms with Gasteiger partial charge < -0.3 is 10.1 Å². The minimum atomic E-state index is -0.000816. The van der Waals surface area contributed by atoms with Crippen molar-refractivity contribution in [3.8, 4) is 5.75 Å². The number of carbonyl (C=O) groups excluding carboxylic acids is 1. The Labute approximate surface area is 127 Å². The van der Waals surface area contributed by atoms with Crippen LogP contribution < -0.4 is 10.1 Å². The van der Waals surface area contributed by atoms with Gasteiger partial charge in [-0.2, -0.15) is 0 Å². The average Bonchev–Trinajstić information content (AvgIpc) is 2.47. The zero-order valence-corrected chi connectivity index (χ0v) is 13.1. The SMILES string of the molecule is CC(C)Oc1cccc([C@H](C)NC(=O)[C@@H]2CC=CCC2)c1. The predicted molar refractivity (Wildman–Crippen MR) is 85.2 cm³/mol. The van der Waals surface area contributed by atoms with Gasteiger partial charge in [0.05, 0.1) is 12.1 Å². The number of rotatable bonds is 5. The number of ether oxygens (including phenoxy) is 1. The van der Waals surface area contributed by atoms with E-state index in [2.05, 4.69) is 17.5 Å². The molecule has 0 saturated heterocycles. The van der Waals surface area contributed by atoms with Gasteiger partial charge in [-0.15, -0.1) is 0 Å². The van der Waals surface area contributed by atoms with Gasteiger partial charge in [0, 0.05) is 5.92 Å². The lowest BCUT2D eigenvalue weighted by molar-refractivity contribution is -0.125. The van der Waals surface area contributed by atoms with Gasteiger partial charge in [0.1, 0.15) is 5.75 Å². The van der Waals surface area contributed by atoms with Crippen LogP contribution in [0.4, 0.5) is 0 Å². The van der Waals surface area contributed by atoms with Crippen molar-refractivity contribution in [1.29, 1.82) is 0 Å². The van der Waals surface area contributed by atoms with Crippen LogP contribution in [-0.4, -0.2) is 12.0 Å². The summed E-state index contributed by atoms with van der Waals surface area (Å²) in [5.41, 5.74) is 1.08. The molecule has 0 aromatic heterocycles. The summed E-state index contributed by atoms with van der Waals surface area (Å²) in [6.07, 6.45) is 7.22. The smallest absolute Gasteiger partial charge is 0.223 e. The molecule has 0 radical (unpaired) electrons. The standard InChI is InChI=1S/C18H25NO2/c1-13(2)21-17-11-7-10-16(12-17)14(3)19-18(20)15-8-5-4-6-9-15/h4-5,7,10-15H,6,8-9H2,1-3H3,(H,19,20)/t14-,15+/m0/s1. The number of allylic oxidation sites excluding steroid dienone is 2. The summed E-state index contributed by atoms with van der Waals surface area (Å²) in [6.45, 7) is 6.04. The van der Waals surface area contributed by atoms with E-state index in [0.717, 1.165) is 30.6 Å².